The highest BCUT2D eigenvalue weighted by molar-refractivity contribution is 5.98. The van der Waals surface area contributed by atoms with Gasteiger partial charge in [0.2, 0.25) is 88.0 Å². The predicted molar refractivity (Wildman–Crippen MR) is 380 cm³/mol. The maximum Gasteiger partial charge on any atom is 0.314 e. The molecular formula is C73H105F5N12O17. The Balaban J connectivity index is 1.06. The summed E-state index contributed by atoms with van der Waals surface area (Å²) in [4.78, 5) is 153. The molecule has 9 N–H and O–H groups in total. The molecule has 11 atom stereocenters. The Morgan fingerprint density at radius 2 is 1.28 bits per heavy atom. The van der Waals surface area contributed by atoms with E-state index in [1.165, 1.54) is 19.1 Å². The molecule has 34 heteroatoms. The number of likely N-dealkylation sites (tertiary alicyclic amines) is 2. The van der Waals surface area contributed by atoms with E-state index in [-0.39, 0.29) is 127 Å². The molecule has 5 rings (SSSR count). The Labute approximate surface area is 620 Å². The average Bonchev–Trinajstić information content (AvgIpc) is 1.69. The summed E-state index contributed by atoms with van der Waals surface area (Å²) in [5.41, 5.74) is 6.92. The lowest BCUT2D eigenvalue weighted by atomic mass is 9.90. The lowest BCUT2D eigenvalue weighted by Gasteiger charge is -2.39. The number of likely N-dealkylation sites (N-methyl/N-ethyl adjacent to an activating group) is 2. The third-order valence-corrected chi connectivity index (χ3v) is 18.9. The van der Waals surface area contributed by atoms with Gasteiger partial charge in [-0.2, -0.15) is 8.78 Å². The maximum absolute atomic E-state index is 14.5. The van der Waals surface area contributed by atoms with Gasteiger partial charge in [-0.15, -0.1) is 0 Å². The second kappa shape index (κ2) is 44.4. The van der Waals surface area contributed by atoms with E-state index < -0.39 is 156 Å². The molecule has 2 fully saturated rings. The number of esters is 1. The molecule has 594 valence electrons. The fourth-order valence-corrected chi connectivity index (χ4v) is 13.1. The minimum Gasteiger partial charge on any atom is -0.420 e. The van der Waals surface area contributed by atoms with E-state index >= 15 is 0 Å². The number of nitrogens with zero attached hydrogens (tertiary/aromatic N) is 4. The number of primary amides is 1. The minimum absolute atomic E-state index is 0.0000183. The third kappa shape index (κ3) is 27.0. The first-order chi connectivity index (χ1) is 50.8. The van der Waals surface area contributed by atoms with Gasteiger partial charge in [0.25, 0.3) is 0 Å². The van der Waals surface area contributed by atoms with E-state index in [0.717, 1.165) is 5.56 Å². The first-order valence-corrected chi connectivity index (χ1v) is 35.8. The van der Waals surface area contributed by atoms with E-state index in [9.17, 15) is 74.7 Å². The fourth-order valence-electron chi connectivity index (χ4n) is 13.1. The Bertz CT molecular complexity index is 3440. The van der Waals surface area contributed by atoms with E-state index in [1.807, 2.05) is 58.0 Å². The summed E-state index contributed by atoms with van der Waals surface area (Å²) in [6, 6.07) is 10.5. The largest absolute Gasteiger partial charge is 0.420 e. The molecule has 2 aliphatic heterocycles. The van der Waals surface area contributed by atoms with Gasteiger partial charge >= 0.3 is 12.0 Å². The number of nitrogens with two attached hydrogens (primary N) is 1. The van der Waals surface area contributed by atoms with Crippen molar-refractivity contribution in [3.8, 4) is 5.75 Å². The normalized spacial score (nSPS) is 17.3. The van der Waals surface area contributed by atoms with E-state index in [1.54, 1.807) is 74.0 Å². The second-order valence-corrected chi connectivity index (χ2v) is 27.2. The Kier molecular flexibility index (Phi) is 36.8. The van der Waals surface area contributed by atoms with Gasteiger partial charge in [0.15, 0.2) is 0 Å². The summed E-state index contributed by atoms with van der Waals surface area (Å²) in [6.07, 6.45) is 0.560. The molecule has 2 heterocycles. The zero-order valence-electron chi connectivity index (χ0n) is 62.7. The smallest absolute Gasteiger partial charge is 0.314 e. The van der Waals surface area contributed by atoms with Crippen molar-refractivity contribution in [3.05, 3.63) is 94.8 Å². The molecule has 29 nitrogen and oxygen atoms in total. The summed E-state index contributed by atoms with van der Waals surface area (Å²) >= 11 is 0. The van der Waals surface area contributed by atoms with Crippen molar-refractivity contribution in [1.29, 1.82) is 0 Å². The number of piperidine rings is 1. The minimum atomic E-state index is -2.40. The van der Waals surface area contributed by atoms with Crippen LogP contribution in [0.2, 0.25) is 0 Å². The first kappa shape index (κ1) is 88.7. The van der Waals surface area contributed by atoms with Crippen molar-refractivity contribution in [2.45, 2.75) is 154 Å². The van der Waals surface area contributed by atoms with Gasteiger partial charge in [-0.25, -0.2) is 18.0 Å². The number of amides is 11. The zero-order valence-corrected chi connectivity index (χ0v) is 62.7. The molecule has 0 aromatic heterocycles. The molecule has 11 amide bonds. The molecule has 2 aliphatic rings. The van der Waals surface area contributed by atoms with E-state index in [0.29, 0.717) is 37.1 Å². The highest BCUT2D eigenvalue weighted by atomic mass is 19.2. The molecule has 2 saturated heterocycles. The van der Waals surface area contributed by atoms with Crippen LogP contribution in [0.5, 0.6) is 5.75 Å². The van der Waals surface area contributed by atoms with E-state index in [2.05, 4.69) is 42.0 Å². The van der Waals surface area contributed by atoms with Crippen molar-refractivity contribution in [2.24, 2.45) is 29.4 Å². The third-order valence-electron chi connectivity index (χ3n) is 18.9. The maximum atomic E-state index is 14.5. The Morgan fingerprint density at radius 3 is 1.88 bits per heavy atom. The molecule has 11 unspecified atom stereocenters. The second-order valence-electron chi connectivity index (χ2n) is 27.2. The summed E-state index contributed by atoms with van der Waals surface area (Å²) in [7, 11) is 8.23. The number of carbonyl (C=O) groups is 11. The molecule has 0 spiro atoms. The van der Waals surface area contributed by atoms with Crippen LogP contribution in [0.3, 0.4) is 0 Å². The van der Waals surface area contributed by atoms with Crippen LogP contribution in [0.4, 0.5) is 32.4 Å². The summed E-state index contributed by atoms with van der Waals surface area (Å²) < 4.78 is 102. The number of methoxy groups -OCH3 is 2. The van der Waals surface area contributed by atoms with Crippen molar-refractivity contribution in [2.75, 3.05) is 113 Å². The standard InChI is InChI=1S/C73H105F5N12O17/c1-12-43(4)65(88(9)57(94)39-83-71(99)64(42(2)3)87(7)8)53(102-10)36-56(93)90-28-17-21-52(90)66(103-11)45(6)68(96)86-51(35-46-18-14-13-15-19-46)69(97)82-37-47-22-24-49(25-23-47)84-70(98)50(20-16-27-80-73(79)101)85-54(91)38-81-55(92)40-105-32-30-104-31-33-106-41-58(95)89-29-26-48(34-44(89)5)72(100)107-67-62(77)60(75)59(74)61(76)63(67)78/h13-15,18-19,22-25,42-45,48,50-53,64-66H,12,16-17,20-21,26-41H2,1-11H3,(H,81,92)(H,82,97)(H,83,99)(H,84,98)(H,85,91)(H,86,96)(H3,79,80,101). The molecular weight excluding hydrogens is 1410 g/mol. The van der Waals surface area contributed by atoms with E-state index in [4.69, 9.17) is 29.4 Å². The highest BCUT2D eigenvalue weighted by Gasteiger charge is 2.43. The molecule has 0 bridgehead atoms. The van der Waals surface area contributed by atoms with Crippen LogP contribution >= 0.6 is 0 Å². The van der Waals surface area contributed by atoms with Crippen LogP contribution in [0.1, 0.15) is 104 Å². The number of halogens is 5. The zero-order chi connectivity index (χ0) is 79.2. The number of rotatable bonds is 43. The van der Waals surface area contributed by atoms with Crippen molar-refractivity contribution in [3.63, 3.8) is 0 Å². The van der Waals surface area contributed by atoms with Gasteiger partial charge in [0, 0.05) is 65.6 Å². The number of carbonyl (C=O) groups excluding carboxylic acids is 11. The summed E-state index contributed by atoms with van der Waals surface area (Å²) in [6.45, 7) is 9.91. The first-order valence-electron chi connectivity index (χ1n) is 35.8. The number of hydrogen-bond donors (Lipinski definition) is 8. The van der Waals surface area contributed by atoms with Gasteiger partial charge in [-0.05, 0) is 94.6 Å². The van der Waals surface area contributed by atoms with Crippen LogP contribution in [-0.4, -0.2) is 241 Å². The predicted octanol–water partition coefficient (Wildman–Crippen LogP) is 3.62. The average molecular weight is 1520 g/mol. The molecule has 3 aromatic carbocycles. The summed E-state index contributed by atoms with van der Waals surface area (Å²) in [5, 5.41) is 18.8. The molecule has 107 heavy (non-hydrogen) atoms. The van der Waals surface area contributed by atoms with Gasteiger partial charge < -0.3 is 86.1 Å². The number of benzene rings is 3. The van der Waals surface area contributed by atoms with Crippen LogP contribution in [0.25, 0.3) is 0 Å². The number of anilines is 1. The fraction of sp³-hybridized carbons (Fsp3) is 0.603. The monoisotopic (exact) mass is 1520 g/mol. The Hall–Kier alpha value is -8.96. The van der Waals surface area contributed by atoms with Crippen LogP contribution in [0.15, 0.2) is 54.6 Å². The molecule has 0 radical (unpaired) electrons. The molecule has 3 aromatic rings. The lowest BCUT2D eigenvalue weighted by molar-refractivity contribution is -0.147. The van der Waals surface area contributed by atoms with Crippen LogP contribution in [0, 0.1) is 52.8 Å². The number of ether oxygens (including phenoxy) is 6. The van der Waals surface area contributed by atoms with Crippen LogP contribution < -0.4 is 47.7 Å². The van der Waals surface area contributed by atoms with Crippen LogP contribution in [-0.2, 0) is 84.6 Å². The van der Waals surface area contributed by atoms with Gasteiger partial charge in [-0.1, -0.05) is 83.5 Å². The number of nitrogens with one attached hydrogen (secondary N) is 7. The van der Waals surface area contributed by atoms with Crippen molar-refractivity contribution >= 4 is 70.9 Å². The molecule has 0 saturated carbocycles. The molecule has 0 aliphatic carbocycles. The summed E-state index contributed by atoms with van der Waals surface area (Å²) in [5.74, 6) is -20.7. The lowest BCUT2D eigenvalue weighted by Crippen LogP contribution is -2.55. The topological polar surface area (TPSA) is 366 Å². The quantitative estimate of drug-likeness (QED) is 0.0100. The number of urea groups is 1. The van der Waals surface area contributed by atoms with Crippen molar-refractivity contribution in [1.82, 2.24) is 51.5 Å². The van der Waals surface area contributed by atoms with Gasteiger partial charge in [-0.3, -0.25) is 52.8 Å². The van der Waals surface area contributed by atoms with Crippen molar-refractivity contribution < 1.29 is 103 Å². The van der Waals surface area contributed by atoms with Gasteiger partial charge in [0.1, 0.15) is 25.3 Å². The SMILES string of the molecule is CCC(C)C(C(CC(=O)N1CCCC1C(OC)C(C)C(=O)NC(Cc1ccccc1)C(=O)NCc1ccc(NC(=O)C(CCCNC(N)=O)NC(=O)CNC(=O)COCCOCCOCC(=O)N2CCC(C(=O)Oc3c(F)c(F)c(F)c(F)c3F)CC2C)cc1)OC)N(C)C(=O)CNC(=O)C(C(C)C)N(C)C. The number of hydrogen-bond acceptors (Lipinski definition) is 18. The Morgan fingerprint density at radius 1 is 0.645 bits per heavy atom. The highest BCUT2D eigenvalue weighted by Crippen LogP contribution is 2.33. The van der Waals surface area contributed by atoms with Gasteiger partial charge in [0.05, 0.1) is 88.1 Å².